The standard InChI is InChI=1S/C15H16ClNO2/c1-11(17-14-10-6-5-9-13(14)16)15(18)19-12-7-3-2-4-8-12/h2-11,15,17-18H,1H3. The Kier molecular flexibility index (Phi) is 4.66. The highest BCUT2D eigenvalue weighted by Crippen LogP contribution is 2.22. The van der Waals surface area contributed by atoms with Gasteiger partial charge in [-0.3, -0.25) is 0 Å². The van der Waals surface area contributed by atoms with Crippen LogP contribution in [-0.2, 0) is 0 Å². The number of anilines is 1. The first-order valence-electron chi connectivity index (χ1n) is 6.07. The molecule has 0 fully saturated rings. The number of nitrogens with one attached hydrogen (secondary N) is 1. The molecule has 0 aliphatic heterocycles. The Hall–Kier alpha value is -1.71. The van der Waals surface area contributed by atoms with Gasteiger partial charge in [0.2, 0.25) is 6.29 Å². The zero-order chi connectivity index (χ0) is 13.7. The normalized spacial score (nSPS) is 13.6. The SMILES string of the molecule is CC(Nc1ccccc1Cl)C(O)Oc1ccccc1. The molecule has 2 unspecified atom stereocenters. The average Bonchev–Trinajstić information content (AvgIpc) is 2.42. The van der Waals surface area contributed by atoms with Gasteiger partial charge in [0.1, 0.15) is 5.75 Å². The lowest BCUT2D eigenvalue weighted by Gasteiger charge is -2.22. The number of hydrogen-bond donors (Lipinski definition) is 2. The van der Waals surface area contributed by atoms with Crippen molar-refractivity contribution in [2.75, 3.05) is 5.32 Å². The lowest BCUT2D eigenvalue weighted by molar-refractivity contribution is -0.0271. The van der Waals surface area contributed by atoms with Crippen LogP contribution < -0.4 is 10.1 Å². The topological polar surface area (TPSA) is 41.5 Å². The third-order valence-corrected chi connectivity index (χ3v) is 3.01. The molecule has 100 valence electrons. The van der Waals surface area contributed by atoms with Crippen molar-refractivity contribution >= 4 is 17.3 Å². The highest BCUT2D eigenvalue weighted by molar-refractivity contribution is 6.33. The summed E-state index contributed by atoms with van der Waals surface area (Å²) >= 11 is 6.05. The Morgan fingerprint density at radius 2 is 1.68 bits per heavy atom. The van der Waals surface area contributed by atoms with Gasteiger partial charge in [-0.15, -0.1) is 0 Å². The molecule has 0 saturated carbocycles. The smallest absolute Gasteiger partial charge is 0.217 e. The summed E-state index contributed by atoms with van der Waals surface area (Å²) in [6, 6.07) is 16.3. The monoisotopic (exact) mass is 277 g/mol. The lowest BCUT2D eigenvalue weighted by Crippen LogP contribution is -2.35. The molecule has 0 aliphatic carbocycles. The predicted octanol–water partition coefficient (Wildman–Crippen LogP) is 3.54. The molecule has 0 amide bonds. The molecule has 3 nitrogen and oxygen atoms in total. The van der Waals surface area contributed by atoms with E-state index in [0.29, 0.717) is 10.8 Å². The van der Waals surface area contributed by atoms with Crippen LogP contribution in [0, 0.1) is 0 Å². The van der Waals surface area contributed by atoms with Crippen molar-refractivity contribution < 1.29 is 9.84 Å². The van der Waals surface area contributed by atoms with E-state index < -0.39 is 6.29 Å². The molecule has 0 radical (unpaired) electrons. The Morgan fingerprint density at radius 3 is 2.37 bits per heavy atom. The summed E-state index contributed by atoms with van der Waals surface area (Å²) in [7, 11) is 0. The lowest BCUT2D eigenvalue weighted by atomic mass is 10.2. The number of para-hydroxylation sites is 2. The summed E-state index contributed by atoms with van der Waals surface area (Å²) in [6.07, 6.45) is -0.960. The number of halogens is 1. The van der Waals surface area contributed by atoms with E-state index in [1.54, 1.807) is 18.2 Å². The van der Waals surface area contributed by atoms with Crippen molar-refractivity contribution in [3.05, 3.63) is 59.6 Å². The Bertz CT molecular complexity index is 519. The first-order valence-corrected chi connectivity index (χ1v) is 6.45. The molecule has 4 heteroatoms. The summed E-state index contributed by atoms with van der Waals surface area (Å²) in [5.41, 5.74) is 0.771. The fourth-order valence-corrected chi connectivity index (χ4v) is 1.83. The number of ether oxygens (including phenoxy) is 1. The number of aliphatic hydroxyl groups is 1. The molecule has 0 spiro atoms. The van der Waals surface area contributed by atoms with Gasteiger partial charge in [0.15, 0.2) is 0 Å². The van der Waals surface area contributed by atoms with E-state index >= 15 is 0 Å². The van der Waals surface area contributed by atoms with Crippen molar-refractivity contribution in [1.82, 2.24) is 0 Å². The second-order valence-electron chi connectivity index (χ2n) is 4.23. The Labute approximate surface area is 117 Å². The van der Waals surface area contributed by atoms with E-state index in [1.165, 1.54) is 0 Å². The predicted molar refractivity (Wildman–Crippen MR) is 77.6 cm³/mol. The Morgan fingerprint density at radius 1 is 1.05 bits per heavy atom. The second kappa shape index (κ2) is 6.45. The Balaban J connectivity index is 1.96. The molecule has 2 N–H and O–H groups in total. The zero-order valence-corrected chi connectivity index (χ0v) is 11.3. The molecule has 2 atom stereocenters. The molecule has 0 aliphatic rings. The average molecular weight is 278 g/mol. The minimum Gasteiger partial charge on any atom is -0.463 e. The first-order chi connectivity index (χ1) is 9.16. The van der Waals surface area contributed by atoms with E-state index in [9.17, 15) is 5.11 Å². The van der Waals surface area contributed by atoms with Crippen molar-refractivity contribution in [3.8, 4) is 5.75 Å². The van der Waals surface area contributed by atoms with Gasteiger partial charge in [0.25, 0.3) is 0 Å². The van der Waals surface area contributed by atoms with E-state index in [2.05, 4.69) is 5.32 Å². The van der Waals surface area contributed by atoms with Crippen LogP contribution in [0.15, 0.2) is 54.6 Å². The minimum atomic E-state index is -0.960. The van der Waals surface area contributed by atoms with Crippen LogP contribution in [-0.4, -0.2) is 17.4 Å². The second-order valence-corrected chi connectivity index (χ2v) is 4.64. The molecule has 2 aromatic carbocycles. The van der Waals surface area contributed by atoms with Crippen molar-refractivity contribution in [2.24, 2.45) is 0 Å². The summed E-state index contributed by atoms with van der Waals surface area (Å²) in [6.45, 7) is 1.83. The van der Waals surface area contributed by atoms with Crippen molar-refractivity contribution in [2.45, 2.75) is 19.3 Å². The van der Waals surface area contributed by atoms with Crippen LogP contribution in [0.5, 0.6) is 5.75 Å². The highest BCUT2D eigenvalue weighted by atomic mass is 35.5. The minimum absolute atomic E-state index is 0.292. The fourth-order valence-electron chi connectivity index (χ4n) is 1.64. The largest absolute Gasteiger partial charge is 0.463 e. The maximum Gasteiger partial charge on any atom is 0.217 e. The maximum atomic E-state index is 10.00. The molecule has 0 aromatic heterocycles. The summed E-state index contributed by atoms with van der Waals surface area (Å²) in [5, 5.41) is 13.7. The zero-order valence-electron chi connectivity index (χ0n) is 10.6. The van der Waals surface area contributed by atoms with Gasteiger partial charge in [0, 0.05) is 0 Å². The van der Waals surface area contributed by atoms with Crippen molar-refractivity contribution in [3.63, 3.8) is 0 Å². The van der Waals surface area contributed by atoms with Gasteiger partial charge in [-0.25, -0.2) is 0 Å². The molecular formula is C15H16ClNO2. The van der Waals surface area contributed by atoms with Crippen molar-refractivity contribution in [1.29, 1.82) is 0 Å². The highest BCUT2D eigenvalue weighted by Gasteiger charge is 2.16. The van der Waals surface area contributed by atoms with E-state index in [0.717, 1.165) is 5.69 Å². The summed E-state index contributed by atoms with van der Waals surface area (Å²) in [4.78, 5) is 0. The van der Waals surface area contributed by atoms with Gasteiger partial charge >= 0.3 is 0 Å². The van der Waals surface area contributed by atoms with Crippen LogP contribution in [0.4, 0.5) is 5.69 Å². The van der Waals surface area contributed by atoms with E-state index in [-0.39, 0.29) is 6.04 Å². The number of aliphatic hydroxyl groups excluding tert-OH is 1. The number of benzene rings is 2. The fraction of sp³-hybridized carbons (Fsp3) is 0.200. The molecular weight excluding hydrogens is 262 g/mol. The maximum absolute atomic E-state index is 10.00. The molecule has 0 saturated heterocycles. The number of rotatable bonds is 5. The molecule has 0 bridgehead atoms. The van der Waals surface area contributed by atoms with Gasteiger partial charge in [0.05, 0.1) is 16.8 Å². The number of hydrogen-bond acceptors (Lipinski definition) is 3. The van der Waals surface area contributed by atoms with Gasteiger partial charge in [-0.05, 0) is 31.2 Å². The van der Waals surface area contributed by atoms with E-state index in [1.807, 2.05) is 43.3 Å². The van der Waals surface area contributed by atoms with Gasteiger partial charge in [-0.1, -0.05) is 41.9 Å². The van der Waals surface area contributed by atoms with Crippen LogP contribution >= 0.6 is 11.6 Å². The first kappa shape index (κ1) is 13.7. The quantitative estimate of drug-likeness (QED) is 0.822. The summed E-state index contributed by atoms with van der Waals surface area (Å²) in [5.74, 6) is 0.628. The molecule has 0 heterocycles. The van der Waals surface area contributed by atoms with Crippen LogP contribution in [0.25, 0.3) is 0 Å². The van der Waals surface area contributed by atoms with Gasteiger partial charge < -0.3 is 15.2 Å². The molecule has 2 rings (SSSR count). The third kappa shape index (κ3) is 3.88. The molecule has 19 heavy (non-hydrogen) atoms. The van der Waals surface area contributed by atoms with Gasteiger partial charge in [-0.2, -0.15) is 0 Å². The van der Waals surface area contributed by atoms with Crippen LogP contribution in [0.1, 0.15) is 6.92 Å². The third-order valence-electron chi connectivity index (χ3n) is 2.68. The van der Waals surface area contributed by atoms with Crippen LogP contribution in [0.2, 0.25) is 5.02 Å². The summed E-state index contributed by atoms with van der Waals surface area (Å²) < 4.78 is 5.44. The molecule has 2 aromatic rings. The van der Waals surface area contributed by atoms with E-state index in [4.69, 9.17) is 16.3 Å². The van der Waals surface area contributed by atoms with Crippen LogP contribution in [0.3, 0.4) is 0 Å².